The Balaban J connectivity index is 2.77. The number of amides is 1. The number of alkyl carbamates (subject to hydrolysis) is 1. The lowest BCUT2D eigenvalue weighted by Gasteiger charge is -2.17. The zero-order valence-corrected chi connectivity index (χ0v) is 16.2. The molecule has 0 aliphatic heterocycles. The molecule has 1 rings (SSSR count). The third-order valence-corrected chi connectivity index (χ3v) is 6.88. The van der Waals surface area contributed by atoms with E-state index in [2.05, 4.69) is 35.2 Å². The maximum Gasteiger partial charge on any atom is 0.407 e. The predicted molar refractivity (Wildman–Crippen MR) is 96.8 cm³/mol. The molecule has 1 aromatic rings. The molecule has 0 saturated carbocycles. The summed E-state index contributed by atoms with van der Waals surface area (Å²) in [6.45, 7) is 8.92. The van der Waals surface area contributed by atoms with E-state index in [0.29, 0.717) is 17.8 Å². The molecule has 5 nitrogen and oxygen atoms in total. The fraction of sp³-hybridized carbons (Fsp3) is 0.500. The third kappa shape index (κ3) is 6.62. The molecule has 0 unspecified atom stereocenters. The highest BCUT2D eigenvalue weighted by atomic mass is 35.5. The van der Waals surface area contributed by atoms with Gasteiger partial charge in [-0.1, -0.05) is 48.9 Å². The van der Waals surface area contributed by atoms with Gasteiger partial charge in [0.1, 0.15) is 6.23 Å². The molecule has 1 aromatic carbocycles. The Bertz CT molecular complexity index is 576. The molecule has 0 heterocycles. The van der Waals surface area contributed by atoms with Gasteiger partial charge in [-0.2, -0.15) is 0 Å². The van der Waals surface area contributed by atoms with E-state index in [0.717, 1.165) is 22.9 Å². The minimum Gasteiger partial charge on any atom is -0.453 e. The SMILES string of the molecule is CC[Si](C)(C)CO/N=C(/C)c1ccc(Cl)c(CNC(=O)OC)c1. The van der Waals surface area contributed by atoms with Crippen LogP contribution in [-0.4, -0.2) is 33.2 Å². The molecule has 1 N–H and O–H groups in total. The second-order valence-corrected chi connectivity index (χ2v) is 11.9. The van der Waals surface area contributed by atoms with Crippen molar-refractivity contribution < 1.29 is 14.4 Å². The van der Waals surface area contributed by atoms with Crippen LogP contribution in [0.15, 0.2) is 23.4 Å². The normalized spacial score (nSPS) is 12.0. The molecule has 0 saturated heterocycles. The van der Waals surface area contributed by atoms with Crippen molar-refractivity contribution in [1.82, 2.24) is 5.32 Å². The van der Waals surface area contributed by atoms with E-state index in [4.69, 9.17) is 16.4 Å². The maximum atomic E-state index is 11.2. The number of carbonyl (C=O) groups is 1. The fourth-order valence-corrected chi connectivity index (χ4v) is 2.44. The first kappa shape index (κ1) is 19.5. The zero-order chi connectivity index (χ0) is 17.5. The molecule has 0 aliphatic carbocycles. The van der Waals surface area contributed by atoms with Crippen molar-refractivity contribution in [2.75, 3.05) is 13.3 Å². The fourth-order valence-electron chi connectivity index (χ4n) is 1.63. The molecule has 0 aliphatic rings. The number of carbonyl (C=O) groups excluding carboxylic acids is 1. The standard InChI is InChI=1S/C16H25ClN2O3Si/c1-6-23(4,5)11-22-19-12(2)13-7-8-15(17)14(9-13)10-18-16(20)21-3/h7-9H,6,10-11H2,1-5H3,(H,18,20)/b19-12-. The van der Waals surface area contributed by atoms with Crippen molar-refractivity contribution in [2.45, 2.75) is 39.5 Å². The van der Waals surface area contributed by atoms with Crippen molar-refractivity contribution in [3.8, 4) is 0 Å². The van der Waals surface area contributed by atoms with E-state index in [1.54, 1.807) is 6.07 Å². The number of nitrogens with one attached hydrogen (secondary N) is 1. The maximum absolute atomic E-state index is 11.2. The highest BCUT2D eigenvalue weighted by Crippen LogP contribution is 2.18. The van der Waals surface area contributed by atoms with Crippen molar-refractivity contribution in [3.05, 3.63) is 34.3 Å². The van der Waals surface area contributed by atoms with Crippen LogP contribution in [0.1, 0.15) is 25.0 Å². The van der Waals surface area contributed by atoms with Crippen LogP contribution in [0.2, 0.25) is 24.2 Å². The number of methoxy groups -OCH3 is 1. The monoisotopic (exact) mass is 356 g/mol. The van der Waals surface area contributed by atoms with Gasteiger partial charge in [0.25, 0.3) is 0 Å². The first-order valence-electron chi connectivity index (χ1n) is 7.56. The van der Waals surface area contributed by atoms with Crippen LogP contribution in [0.5, 0.6) is 0 Å². The number of ether oxygens (including phenoxy) is 1. The van der Waals surface area contributed by atoms with Gasteiger partial charge in [0.05, 0.1) is 20.9 Å². The van der Waals surface area contributed by atoms with Crippen LogP contribution >= 0.6 is 11.6 Å². The zero-order valence-electron chi connectivity index (χ0n) is 14.4. The predicted octanol–water partition coefficient (Wildman–Crippen LogP) is 4.20. The van der Waals surface area contributed by atoms with Gasteiger partial charge in [-0.05, 0) is 30.2 Å². The van der Waals surface area contributed by atoms with E-state index >= 15 is 0 Å². The lowest BCUT2D eigenvalue weighted by molar-refractivity contribution is 0.170. The van der Waals surface area contributed by atoms with E-state index in [1.165, 1.54) is 7.11 Å². The summed E-state index contributed by atoms with van der Waals surface area (Å²) in [5.41, 5.74) is 2.49. The van der Waals surface area contributed by atoms with Crippen LogP contribution in [0.3, 0.4) is 0 Å². The number of benzene rings is 1. The van der Waals surface area contributed by atoms with Gasteiger partial charge < -0.3 is 14.9 Å². The Kier molecular flexibility index (Phi) is 7.58. The Labute approximate surface area is 144 Å². The van der Waals surface area contributed by atoms with Crippen LogP contribution in [-0.2, 0) is 16.1 Å². The Morgan fingerprint density at radius 3 is 2.70 bits per heavy atom. The first-order valence-corrected chi connectivity index (χ1v) is 11.4. The van der Waals surface area contributed by atoms with Crippen molar-refractivity contribution in [2.24, 2.45) is 5.16 Å². The van der Waals surface area contributed by atoms with Gasteiger partial charge in [-0.25, -0.2) is 4.79 Å². The van der Waals surface area contributed by atoms with Crippen molar-refractivity contribution in [1.29, 1.82) is 0 Å². The summed E-state index contributed by atoms with van der Waals surface area (Å²) in [7, 11) is 0.0158. The summed E-state index contributed by atoms with van der Waals surface area (Å²) in [5, 5.41) is 7.40. The number of halogens is 1. The Morgan fingerprint density at radius 1 is 1.39 bits per heavy atom. The molecule has 0 spiro atoms. The van der Waals surface area contributed by atoms with Crippen LogP contribution in [0.4, 0.5) is 4.79 Å². The summed E-state index contributed by atoms with van der Waals surface area (Å²) >= 11 is 6.15. The number of oxime groups is 1. The van der Waals surface area contributed by atoms with Gasteiger partial charge in [0.2, 0.25) is 0 Å². The third-order valence-electron chi connectivity index (χ3n) is 3.69. The average Bonchev–Trinajstić information content (AvgIpc) is 2.53. The minimum absolute atomic E-state index is 0.295. The van der Waals surface area contributed by atoms with Crippen molar-refractivity contribution in [3.63, 3.8) is 0 Å². The lowest BCUT2D eigenvalue weighted by Crippen LogP contribution is -2.30. The van der Waals surface area contributed by atoms with Gasteiger partial charge in [0.15, 0.2) is 0 Å². The molecule has 0 bridgehead atoms. The number of rotatable bonds is 7. The number of hydrogen-bond acceptors (Lipinski definition) is 4. The smallest absolute Gasteiger partial charge is 0.407 e. The summed E-state index contributed by atoms with van der Waals surface area (Å²) in [4.78, 5) is 16.7. The van der Waals surface area contributed by atoms with Crippen molar-refractivity contribution >= 4 is 31.5 Å². The Hall–Kier alpha value is -1.53. The van der Waals surface area contributed by atoms with Gasteiger partial charge in [-0.15, -0.1) is 0 Å². The summed E-state index contributed by atoms with van der Waals surface area (Å²) in [6, 6.07) is 6.72. The van der Waals surface area contributed by atoms with Crippen LogP contribution in [0.25, 0.3) is 0 Å². The van der Waals surface area contributed by atoms with Gasteiger partial charge in [-0.3, -0.25) is 0 Å². The molecular formula is C16H25ClN2O3Si. The molecule has 0 atom stereocenters. The largest absolute Gasteiger partial charge is 0.453 e. The molecule has 23 heavy (non-hydrogen) atoms. The highest BCUT2D eigenvalue weighted by molar-refractivity contribution is 6.77. The molecule has 0 radical (unpaired) electrons. The number of nitrogens with zero attached hydrogens (tertiary/aromatic N) is 1. The second kappa shape index (κ2) is 8.93. The molecular weight excluding hydrogens is 332 g/mol. The molecule has 128 valence electrons. The topological polar surface area (TPSA) is 59.9 Å². The Morgan fingerprint density at radius 2 is 2.09 bits per heavy atom. The lowest BCUT2D eigenvalue weighted by atomic mass is 10.1. The highest BCUT2D eigenvalue weighted by Gasteiger charge is 2.19. The average molecular weight is 357 g/mol. The number of hydrogen-bond donors (Lipinski definition) is 1. The van der Waals surface area contributed by atoms with Gasteiger partial charge >= 0.3 is 6.09 Å². The summed E-state index contributed by atoms with van der Waals surface area (Å²) in [5.74, 6) is 0. The van der Waals surface area contributed by atoms with Gasteiger partial charge in [0, 0.05) is 11.6 Å². The first-order chi connectivity index (χ1) is 10.8. The summed E-state index contributed by atoms with van der Waals surface area (Å²) in [6.07, 6.45) is 0.206. The van der Waals surface area contributed by atoms with E-state index < -0.39 is 14.2 Å². The van der Waals surface area contributed by atoms with E-state index in [9.17, 15) is 4.79 Å². The molecule has 0 fully saturated rings. The molecule has 0 aromatic heterocycles. The quantitative estimate of drug-likeness (QED) is 0.452. The van der Waals surface area contributed by atoms with E-state index in [-0.39, 0.29) is 0 Å². The summed E-state index contributed by atoms with van der Waals surface area (Å²) < 4.78 is 4.55. The van der Waals surface area contributed by atoms with Crippen LogP contribution < -0.4 is 5.32 Å². The van der Waals surface area contributed by atoms with Crippen LogP contribution in [0, 0.1) is 0 Å². The minimum atomic E-state index is -1.31. The van der Waals surface area contributed by atoms with E-state index in [1.807, 2.05) is 19.1 Å². The molecule has 7 heteroatoms. The molecule has 1 amide bonds. The second-order valence-electron chi connectivity index (χ2n) is 6.12.